The van der Waals surface area contributed by atoms with Gasteiger partial charge in [0.1, 0.15) is 0 Å². The van der Waals surface area contributed by atoms with Gasteiger partial charge in [0.05, 0.1) is 0 Å². The lowest BCUT2D eigenvalue weighted by atomic mass is 10.6. The zero-order valence-corrected chi connectivity index (χ0v) is 14.4. The van der Waals surface area contributed by atoms with Gasteiger partial charge >= 0.3 is 0 Å². The van der Waals surface area contributed by atoms with Crippen LogP contribution in [-0.4, -0.2) is 20.6 Å². The molecule has 11 heavy (non-hydrogen) atoms. The van der Waals surface area contributed by atoms with E-state index in [-0.39, 0.29) is 19.0 Å². The van der Waals surface area contributed by atoms with Crippen LogP contribution in [0.1, 0.15) is 13.8 Å². The molecule has 0 fully saturated rings. The summed E-state index contributed by atoms with van der Waals surface area (Å²) in [5, 5.41) is 1.69. The lowest BCUT2D eigenvalue weighted by Crippen LogP contribution is -2.01. The Hall–Kier alpha value is 1.63. The van der Waals surface area contributed by atoms with Gasteiger partial charge in [-0.15, -0.1) is 0 Å². The molecule has 0 saturated carbocycles. The SMILES string of the molecule is CC=C(C)[SiH2]CC[SiH2]C(I)I. The van der Waals surface area contributed by atoms with E-state index in [1.54, 1.807) is 17.3 Å². The summed E-state index contributed by atoms with van der Waals surface area (Å²) in [5.41, 5.74) is 0. The van der Waals surface area contributed by atoms with Crippen molar-refractivity contribution in [1.29, 1.82) is 0 Å². The van der Waals surface area contributed by atoms with Gasteiger partial charge in [0.25, 0.3) is 0 Å². The Kier molecular flexibility index (Phi) is 9.47. The highest BCUT2D eigenvalue weighted by atomic mass is 127. The van der Waals surface area contributed by atoms with Crippen LogP contribution in [0.25, 0.3) is 0 Å². The van der Waals surface area contributed by atoms with Gasteiger partial charge in [0.2, 0.25) is 0 Å². The Bertz CT molecular complexity index is 124. The fourth-order valence-electron chi connectivity index (χ4n) is 0.847. The third-order valence-corrected chi connectivity index (χ3v) is 9.87. The number of allylic oxidation sites excluding steroid dienone is 2. The topological polar surface area (TPSA) is 0 Å². The maximum absolute atomic E-state index is 2.56. The lowest BCUT2D eigenvalue weighted by Gasteiger charge is -2.00. The highest BCUT2D eigenvalue weighted by Gasteiger charge is 1.98. The quantitative estimate of drug-likeness (QED) is 0.282. The molecule has 0 atom stereocenters. The predicted octanol–water partition coefficient (Wildman–Crippen LogP) is 2.24. The summed E-state index contributed by atoms with van der Waals surface area (Å²) in [5.74, 6) is 0. The van der Waals surface area contributed by atoms with Gasteiger partial charge in [0, 0.05) is 20.6 Å². The molecule has 0 N–H and O–H groups in total. The predicted molar refractivity (Wildman–Crippen MR) is 78.0 cm³/mol. The van der Waals surface area contributed by atoms with E-state index in [1.165, 1.54) is 0 Å². The molecule has 0 rings (SSSR count). The van der Waals surface area contributed by atoms with Crippen molar-refractivity contribution in [3.8, 4) is 0 Å². The molecule has 0 aromatic rings. The second kappa shape index (κ2) is 8.24. The van der Waals surface area contributed by atoms with Gasteiger partial charge < -0.3 is 0 Å². The normalized spacial score (nSPS) is 14.8. The Morgan fingerprint density at radius 3 is 2.55 bits per heavy atom. The highest BCUT2D eigenvalue weighted by molar-refractivity contribution is 14.2. The van der Waals surface area contributed by atoms with Crippen molar-refractivity contribution >= 4 is 64.2 Å². The van der Waals surface area contributed by atoms with E-state index in [4.69, 9.17) is 0 Å². The molecule has 66 valence electrons. The first-order valence-electron chi connectivity index (χ1n) is 4.06. The van der Waals surface area contributed by atoms with Gasteiger partial charge in [0.15, 0.2) is 0 Å². The van der Waals surface area contributed by atoms with Crippen molar-refractivity contribution < 1.29 is 0 Å². The smallest absolute Gasteiger partial charge is 0.0484 e. The van der Waals surface area contributed by atoms with E-state index in [0.29, 0.717) is 0 Å². The molecule has 0 heterocycles. The van der Waals surface area contributed by atoms with Crippen molar-refractivity contribution in [2.75, 3.05) is 0 Å². The third kappa shape index (κ3) is 9.55. The Morgan fingerprint density at radius 2 is 2.09 bits per heavy atom. The minimum Gasteiger partial charge on any atom is -0.0951 e. The fraction of sp³-hybridized carbons (Fsp3) is 0.714. The van der Waals surface area contributed by atoms with E-state index in [2.05, 4.69) is 65.1 Å². The molecule has 0 saturated heterocycles. The summed E-state index contributed by atoms with van der Waals surface area (Å²) in [6.45, 7) is 4.46. The molecule has 0 bridgehead atoms. The van der Waals surface area contributed by atoms with Crippen molar-refractivity contribution in [3.63, 3.8) is 0 Å². The van der Waals surface area contributed by atoms with Crippen molar-refractivity contribution in [2.24, 2.45) is 0 Å². The van der Waals surface area contributed by atoms with Gasteiger partial charge in [-0.25, -0.2) is 0 Å². The molecule has 0 radical (unpaired) electrons. The number of halogens is 2. The van der Waals surface area contributed by atoms with Crippen LogP contribution in [0.4, 0.5) is 0 Å². The molecule has 0 amide bonds. The second-order valence-corrected chi connectivity index (χ2v) is 15.9. The van der Waals surface area contributed by atoms with Crippen molar-refractivity contribution in [2.45, 2.75) is 27.5 Å². The molecule has 0 spiro atoms. The summed E-state index contributed by atoms with van der Waals surface area (Å²) < 4.78 is 0.977. The zero-order valence-electron chi connectivity index (χ0n) is 7.24. The van der Waals surface area contributed by atoms with Crippen LogP contribution in [-0.2, 0) is 0 Å². The molecule has 0 unspecified atom stereocenters. The minimum absolute atomic E-state index is 0.182. The molecule has 0 nitrogen and oxygen atoms in total. The first-order chi connectivity index (χ1) is 5.16. The van der Waals surface area contributed by atoms with E-state index < -0.39 is 0 Å². The molecule has 4 heteroatoms. The van der Waals surface area contributed by atoms with Crippen LogP contribution in [0.15, 0.2) is 11.3 Å². The molecular weight excluding hydrogens is 394 g/mol. The molecule has 0 aliphatic rings. The average Bonchev–Trinajstić information content (AvgIpc) is 1.97. The standard InChI is InChI=1S/C7H16I2Si2/c1-3-6(2)10-4-5-11-7(8)9/h3,7H,4-5,10-11H2,1-2H3. The summed E-state index contributed by atoms with van der Waals surface area (Å²) >= 11 is 5.12. The molecule has 0 aromatic heterocycles. The van der Waals surface area contributed by atoms with Crippen LogP contribution in [0, 0.1) is 0 Å². The maximum atomic E-state index is 2.56. The van der Waals surface area contributed by atoms with E-state index >= 15 is 0 Å². The van der Waals surface area contributed by atoms with Crippen LogP contribution in [0.3, 0.4) is 0 Å². The summed E-state index contributed by atoms with van der Waals surface area (Å²) in [7, 11) is 0.458. The number of hydrogen-bond acceptors (Lipinski definition) is 0. The minimum atomic E-state index is 0.182. The number of rotatable bonds is 5. The fourth-order valence-corrected chi connectivity index (χ4v) is 6.80. The molecular formula is C7H16I2Si2. The first-order valence-corrected chi connectivity index (χ1v) is 10.1. The molecule has 0 aliphatic carbocycles. The third-order valence-electron chi connectivity index (χ3n) is 1.74. The number of alkyl halides is 2. The van der Waals surface area contributed by atoms with Crippen molar-refractivity contribution in [1.82, 2.24) is 0 Å². The van der Waals surface area contributed by atoms with E-state index in [1.807, 2.05) is 0 Å². The van der Waals surface area contributed by atoms with Crippen molar-refractivity contribution in [3.05, 3.63) is 11.3 Å². The highest BCUT2D eigenvalue weighted by Crippen LogP contribution is 2.10. The molecule has 0 aliphatic heterocycles. The van der Waals surface area contributed by atoms with Gasteiger partial charge in [-0.2, -0.15) is 0 Å². The Morgan fingerprint density at radius 1 is 1.45 bits per heavy atom. The zero-order chi connectivity index (χ0) is 8.69. The van der Waals surface area contributed by atoms with Gasteiger partial charge in [-0.05, 0) is 13.8 Å². The summed E-state index contributed by atoms with van der Waals surface area (Å²) in [6, 6.07) is 3.14. The van der Waals surface area contributed by atoms with E-state index in [0.717, 1.165) is 1.55 Å². The van der Waals surface area contributed by atoms with Gasteiger partial charge in [-0.3, -0.25) is 0 Å². The lowest BCUT2D eigenvalue weighted by molar-refractivity contribution is 1.39. The number of hydrogen-bond donors (Lipinski definition) is 0. The first kappa shape index (κ1) is 12.6. The largest absolute Gasteiger partial charge is 0.0951 e. The van der Waals surface area contributed by atoms with Crippen LogP contribution in [0.2, 0.25) is 12.1 Å². The Labute approximate surface area is 102 Å². The van der Waals surface area contributed by atoms with Crippen LogP contribution >= 0.6 is 45.2 Å². The monoisotopic (exact) mass is 410 g/mol. The van der Waals surface area contributed by atoms with Gasteiger partial charge in [-0.1, -0.05) is 68.5 Å². The molecule has 0 aromatic carbocycles. The second-order valence-electron chi connectivity index (χ2n) is 2.77. The maximum Gasteiger partial charge on any atom is 0.0484 e. The summed E-state index contributed by atoms with van der Waals surface area (Å²) in [6.07, 6.45) is 2.29. The van der Waals surface area contributed by atoms with Crippen LogP contribution in [0.5, 0.6) is 0 Å². The average molecular weight is 410 g/mol. The van der Waals surface area contributed by atoms with E-state index in [9.17, 15) is 0 Å². The Balaban J connectivity index is 3.15. The van der Waals surface area contributed by atoms with Crippen LogP contribution < -0.4 is 0 Å². The summed E-state index contributed by atoms with van der Waals surface area (Å²) in [4.78, 5) is 0.